The minimum atomic E-state index is -0.918. The lowest BCUT2D eigenvalue weighted by Gasteiger charge is -2.23. The number of likely N-dealkylation sites (N-methyl/N-ethyl adjacent to an activating group) is 1. The summed E-state index contributed by atoms with van der Waals surface area (Å²) < 4.78 is 10.7. The average Bonchev–Trinajstić information content (AvgIpc) is 2.68. The van der Waals surface area contributed by atoms with Crippen molar-refractivity contribution < 1.29 is 19.1 Å². The molecule has 0 unspecified atom stereocenters. The second-order valence-corrected chi connectivity index (χ2v) is 6.16. The zero-order valence-corrected chi connectivity index (χ0v) is 15.6. The van der Waals surface area contributed by atoms with Crippen molar-refractivity contribution in [2.24, 2.45) is 0 Å². The van der Waals surface area contributed by atoms with Crippen LogP contribution in [0.1, 0.15) is 25.0 Å². The maximum absolute atomic E-state index is 12.4. The second-order valence-electron chi connectivity index (χ2n) is 6.16. The highest BCUT2D eigenvalue weighted by atomic mass is 16.6. The molecule has 0 aliphatic heterocycles. The first-order valence-electron chi connectivity index (χ1n) is 8.57. The monoisotopic (exact) mass is 366 g/mol. The van der Waals surface area contributed by atoms with Crippen LogP contribution in [0.4, 0.5) is 0 Å². The van der Waals surface area contributed by atoms with Crippen LogP contribution in [0.2, 0.25) is 0 Å². The molecule has 0 heterocycles. The Morgan fingerprint density at radius 1 is 1.04 bits per heavy atom. The minimum absolute atomic E-state index is 0.294. The maximum Gasteiger partial charge on any atom is 0.347 e. The first-order valence-corrected chi connectivity index (χ1v) is 8.57. The molecule has 0 saturated carbocycles. The Bertz CT molecular complexity index is 812. The number of carbonyl (C=O) groups excluding carboxylic acids is 2. The van der Waals surface area contributed by atoms with Crippen molar-refractivity contribution in [2.75, 3.05) is 7.05 Å². The average molecular weight is 366 g/mol. The van der Waals surface area contributed by atoms with E-state index in [9.17, 15) is 9.59 Å². The maximum atomic E-state index is 12.4. The van der Waals surface area contributed by atoms with Gasteiger partial charge in [0.25, 0.3) is 5.91 Å². The Morgan fingerprint density at radius 3 is 2.26 bits per heavy atom. The third-order valence-electron chi connectivity index (χ3n) is 3.91. The molecule has 6 nitrogen and oxygen atoms in total. The van der Waals surface area contributed by atoms with Crippen LogP contribution in [0, 0.1) is 11.3 Å². The molecule has 2 aromatic rings. The largest absolute Gasteiger partial charge is 0.479 e. The summed E-state index contributed by atoms with van der Waals surface area (Å²) in [6.45, 7) is 3.51. The number of benzene rings is 2. The van der Waals surface area contributed by atoms with Gasteiger partial charge in [-0.1, -0.05) is 30.3 Å². The summed E-state index contributed by atoms with van der Waals surface area (Å²) in [6, 6.07) is 18.0. The lowest BCUT2D eigenvalue weighted by Crippen LogP contribution is -2.39. The van der Waals surface area contributed by atoms with Crippen LogP contribution in [0.3, 0.4) is 0 Å². The number of rotatable bonds is 7. The molecule has 0 bridgehead atoms. The summed E-state index contributed by atoms with van der Waals surface area (Å²) in [5, 5.41) is 8.79. The second kappa shape index (κ2) is 9.39. The zero-order chi connectivity index (χ0) is 19.8. The molecule has 0 spiro atoms. The minimum Gasteiger partial charge on any atom is -0.479 e. The van der Waals surface area contributed by atoms with Crippen LogP contribution in [0.15, 0.2) is 54.6 Å². The first-order chi connectivity index (χ1) is 12.9. The number of nitrogens with zero attached hydrogens (tertiary/aromatic N) is 2. The van der Waals surface area contributed by atoms with Crippen molar-refractivity contribution >= 4 is 11.9 Å². The van der Waals surface area contributed by atoms with E-state index in [1.165, 1.54) is 11.8 Å². The van der Waals surface area contributed by atoms with E-state index >= 15 is 0 Å². The molecule has 0 aromatic heterocycles. The molecule has 0 fully saturated rings. The number of hydrogen-bond donors (Lipinski definition) is 0. The smallest absolute Gasteiger partial charge is 0.347 e. The molecule has 0 aliphatic rings. The van der Waals surface area contributed by atoms with Crippen LogP contribution in [0.25, 0.3) is 0 Å². The molecule has 140 valence electrons. The lowest BCUT2D eigenvalue weighted by molar-refractivity contribution is -0.164. The van der Waals surface area contributed by atoms with E-state index in [2.05, 4.69) is 0 Å². The Balaban J connectivity index is 1.87. The summed E-state index contributed by atoms with van der Waals surface area (Å²) in [5.41, 5.74) is 1.49. The summed E-state index contributed by atoms with van der Waals surface area (Å²) in [6.07, 6.45) is -1.80. The van der Waals surface area contributed by atoms with Gasteiger partial charge >= 0.3 is 5.97 Å². The van der Waals surface area contributed by atoms with E-state index in [1.54, 1.807) is 38.2 Å². The first kappa shape index (κ1) is 20.0. The van der Waals surface area contributed by atoms with E-state index in [1.807, 2.05) is 36.4 Å². The predicted octanol–water partition coefficient (Wildman–Crippen LogP) is 2.92. The van der Waals surface area contributed by atoms with Gasteiger partial charge in [-0.2, -0.15) is 5.26 Å². The van der Waals surface area contributed by atoms with Crippen LogP contribution < -0.4 is 4.74 Å². The molecular formula is C21H22N2O4. The van der Waals surface area contributed by atoms with Crippen molar-refractivity contribution in [3.05, 3.63) is 65.7 Å². The summed E-state index contributed by atoms with van der Waals surface area (Å²) in [5.74, 6) is -0.482. The van der Waals surface area contributed by atoms with Crippen LogP contribution in [-0.4, -0.2) is 36.0 Å². The third kappa shape index (κ3) is 5.86. The van der Waals surface area contributed by atoms with Crippen molar-refractivity contribution in [1.29, 1.82) is 5.26 Å². The van der Waals surface area contributed by atoms with E-state index in [4.69, 9.17) is 14.7 Å². The molecule has 0 radical (unpaired) electrons. The van der Waals surface area contributed by atoms with Crippen molar-refractivity contribution in [3.63, 3.8) is 0 Å². The number of esters is 1. The van der Waals surface area contributed by atoms with Gasteiger partial charge < -0.3 is 14.4 Å². The summed E-state index contributed by atoms with van der Waals surface area (Å²) in [7, 11) is 1.66. The van der Waals surface area contributed by atoms with E-state index in [-0.39, 0.29) is 5.91 Å². The number of hydrogen-bond acceptors (Lipinski definition) is 5. The topological polar surface area (TPSA) is 79.6 Å². The van der Waals surface area contributed by atoms with Crippen LogP contribution in [-0.2, 0) is 20.9 Å². The summed E-state index contributed by atoms with van der Waals surface area (Å²) in [4.78, 5) is 26.1. The Morgan fingerprint density at radius 2 is 1.67 bits per heavy atom. The van der Waals surface area contributed by atoms with Gasteiger partial charge in [-0.15, -0.1) is 0 Å². The lowest BCUT2D eigenvalue weighted by atomic mass is 10.2. The van der Waals surface area contributed by atoms with Crippen LogP contribution >= 0.6 is 0 Å². The molecule has 0 N–H and O–H groups in total. The number of ether oxygens (including phenoxy) is 2. The van der Waals surface area contributed by atoms with Gasteiger partial charge in [0.1, 0.15) is 5.75 Å². The molecular weight excluding hydrogens is 344 g/mol. The van der Waals surface area contributed by atoms with Gasteiger partial charge in [-0.05, 0) is 43.7 Å². The Labute approximate surface area is 158 Å². The standard InChI is InChI=1S/C21H22N2O4/c1-15(20(24)23(3)14-18-7-5-4-6-8-18)27-21(25)16(2)26-19-11-9-17(13-22)10-12-19/h4-12,15-16H,14H2,1-3H3/t15-,16+/m0/s1. The van der Waals surface area contributed by atoms with Gasteiger partial charge in [0.2, 0.25) is 0 Å². The molecule has 6 heteroatoms. The number of amides is 1. The normalized spacial score (nSPS) is 12.4. The molecule has 0 aliphatic carbocycles. The SMILES string of the molecule is C[C@H](OC(=O)[C@@H](C)Oc1ccc(C#N)cc1)C(=O)N(C)Cc1ccccc1. The molecule has 0 saturated heterocycles. The Kier molecular flexibility index (Phi) is 6.95. The predicted molar refractivity (Wildman–Crippen MR) is 99.7 cm³/mol. The molecule has 2 atom stereocenters. The van der Waals surface area contributed by atoms with Crippen molar-refractivity contribution in [1.82, 2.24) is 4.90 Å². The van der Waals surface area contributed by atoms with Gasteiger partial charge in [0.15, 0.2) is 12.2 Å². The zero-order valence-electron chi connectivity index (χ0n) is 15.6. The number of carbonyl (C=O) groups is 2. The highest BCUT2D eigenvalue weighted by Crippen LogP contribution is 2.14. The molecule has 2 rings (SSSR count). The van der Waals surface area contributed by atoms with Gasteiger partial charge in [-0.25, -0.2) is 4.79 Å². The highest BCUT2D eigenvalue weighted by molar-refractivity contribution is 5.84. The quantitative estimate of drug-likeness (QED) is 0.704. The fraction of sp³-hybridized carbons (Fsp3) is 0.286. The van der Waals surface area contributed by atoms with E-state index < -0.39 is 18.2 Å². The van der Waals surface area contributed by atoms with Gasteiger partial charge in [-0.3, -0.25) is 4.79 Å². The number of nitriles is 1. The van der Waals surface area contributed by atoms with Gasteiger partial charge in [0, 0.05) is 13.6 Å². The highest BCUT2D eigenvalue weighted by Gasteiger charge is 2.25. The molecule has 2 aromatic carbocycles. The fourth-order valence-corrected chi connectivity index (χ4v) is 2.43. The van der Waals surface area contributed by atoms with Crippen molar-refractivity contribution in [3.8, 4) is 11.8 Å². The molecule has 27 heavy (non-hydrogen) atoms. The van der Waals surface area contributed by atoms with E-state index in [0.717, 1.165) is 5.56 Å². The van der Waals surface area contributed by atoms with Gasteiger partial charge in [0.05, 0.1) is 11.6 Å². The van der Waals surface area contributed by atoms with Crippen LogP contribution in [0.5, 0.6) is 5.75 Å². The molecule has 1 amide bonds. The van der Waals surface area contributed by atoms with Crippen molar-refractivity contribution in [2.45, 2.75) is 32.6 Å². The van der Waals surface area contributed by atoms with E-state index in [0.29, 0.717) is 17.9 Å². The fourth-order valence-electron chi connectivity index (χ4n) is 2.43. The summed E-state index contributed by atoms with van der Waals surface area (Å²) >= 11 is 0. The third-order valence-corrected chi connectivity index (χ3v) is 3.91. The Hall–Kier alpha value is -3.33.